The molecule has 6 heteroatoms. The Morgan fingerprint density at radius 2 is 2.07 bits per heavy atom. The fourth-order valence-electron chi connectivity index (χ4n) is 4.18. The number of aromatic nitrogens is 3. The third-order valence-electron chi connectivity index (χ3n) is 5.77. The highest BCUT2D eigenvalue weighted by Gasteiger charge is 2.20. The van der Waals surface area contributed by atoms with Gasteiger partial charge in [-0.15, -0.1) is 5.10 Å². The minimum Gasteiger partial charge on any atom is -0.456 e. The Morgan fingerprint density at radius 3 is 2.90 bits per heavy atom. The summed E-state index contributed by atoms with van der Waals surface area (Å²) in [6, 6.07) is 8.50. The van der Waals surface area contributed by atoms with Crippen LogP contribution in [0.3, 0.4) is 0 Å². The first-order chi connectivity index (χ1) is 14.3. The van der Waals surface area contributed by atoms with Crippen molar-refractivity contribution in [1.29, 1.82) is 0 Å². The number of carbonyl (C=O) groups is 1. The highest BCUT2D eigenvalue weighted by atomic mass is 16.3. The third-order valence-corrected chi connectivity index (χ3v) is 5.77. The van der Waals surface area contributed by atoms with Crippen molar-refractivity contribution in [2.45, 2.75) is 38.6 Å². The van der Waals surface area contributed by atoms with Crippen molar-refractivity contribution in [3.63, 3.8) is 0 Å². The molecule has 1 aliphatic carbocycles. The molecule has 3 heterocycles. The molecule has 0 fully saturated rings. The van der Waals surface area contributed by atoms with Crippen LogP contribution in [-0.4, -0.2) is 38.9 Å². The van der Waals surface area contributed by atoms with E-state index in [-0.39, 0.29) is 5.91 Å². The molecule has 1 aromatic carbocycles. The SMILES string of the molecule is O=C(CCn1ccnn1)N1CCC=C(c2ccc3oc(C4=CCCC4)cc3c2)C1. The zero-order chi connectivity index (χ0) is 19.6. The molecule has 0 radical (unpaired) electrons. The minimum atomic E-state index is 0.158. The lowest BCUT2D eigenvalue weighted by Gasteiger charge is -2.27. The van der Waals surface area contributed by atoms with Crippen molar-refractivity contribution in [1.82, 2.24) is 19.9 Å². The maximum Gasteiger partial charge on any atom is 0.224 e. The molecule has 3 aromatic rings. The molecule has 1 aliphatic heterocycles. The van der Waals surface area contributed by atoms with Gasteiger partial charge in [-0.25, -0.2) is 0 Å². The second-order valence-electron chi connectivity index (χ2n) is 7.73. The van der Waals surface area contributed by atoms with Crippen LogP contribution in [0.15, 0.2) is 53.2 Å². The first kappa shape index (κ1) is 17.9. The summed E-state index contributed by atoms with van der Waals surface area (Å²) in [6.45, 7) is 1.98. The molecule has 1 amide bonds. The highest BCUT2D eigenvalue weighted by Crippen LogP contribution is 2.33. The van der Waals surface area contributed by atoms with Crippen molar-refractivity contribution in [2.24, 2.45) is 0 Å². The zero-order valence-electron chi connectivity index (χ0n) is 16.4. The Bertz CT molecular complexity index is 1090. The van der Waals surface area contributed by atoms with Crippen molar-refractivity contribution < 1.29 is 9.21 Å². The molecule has 0 bridgehead atoms. The van der Waals surface area contributed by atoms with Crippen LogP contribution in [0.5, 0.6) is 0 Å². The molecule has 0 saturated carbocycles. The van der Waals surface area contributed by atoms with Gasteiger partial charge in [-0.05, 0) is 60.6 Å². The van der Waals surface area contributed by atoms with E-state index in [1.807, 2.05) is 4.90 Å². The van der Waals surface area contributed by atoms with Crippen LogP contribution in [0.25, 0.3) is 22.1 Å². The zero-order valence-corrected chi connectivity index (χ0v) is 16.4. The monoisotopic (exact) mass is 388 g/mol. The Morgan fingerprint density at radius 1 is 1.14 bits per heavy atom. The summed E-state index contributed by atoms with van der Waals surface area (Å²) < 4.78 is 7.75. The van der Waals surface area contributed by atoms with E-state index >= 15 is 0 Å². The topological polar surface area (TPSA) is 64.2 Å². The van der Waals surface area contributed by atoms with E-state index in [9.17, 15) is 4.79 Å². The molecular formula is C23H24N4O2. The summed E-state index contributed by atoms with van der Waals surface area (Å²) >= 11 is 0. The van der Waals surface area contributed by atoms with Crippen LogP contribution in [-0.2, 0) is 11.3 Å². The number of benzene rings is 1. The van der Waals surface area contributed by atoms with E-state index in [1.54, 1.807) is 17.1 Å². The Labute approximate surface area is 169 Å². The minimum absolute atomic E-state index is 0.158. The average Bonchev–Trinajstić information content (AvgIpc) is 3.52. The third kappa shape index (κ3) is 3.75. The fraction of sp³-hybridized carbons (Fsp3) is 0.348. The normalized spacial score (nSPS) is 16.9. The fourth-order valence-corrected chi connectivity index (χ4v) is 4.18. The lowest BCUT2D eigenvalue weighted by atomic mass is 9.99. The number of fused-ring (bicyclic) bond motifs is 1. The summed E-state index contributed by atoms with van der Waals surface area (Å²) in [7, 11) is 0. The first-order valence-electron chi connectivity index (χ1n) is 10.3. The Hall–Kier alpha value is -3.15. The summed E-state index contributed by atoms with van der Waals surface area (Å²) in [6.07, 6.45) is 12.7. The quantitative estimate of drug-likeness (QED) is 0.654. The number of carbonyl (C=O) groups excluding carboxylic acids is 1. The predicted molar refractivity (Wildman–Crippen MR) is 112 cm³/mol. The molecule has 0 spiro atoms. The first-order valence-corrected chi connectivity index (χ1v) is 10.3. The van der Waals surface area contributed by atoms with Gasteiger partial charge >= 0.3 is 0 Å². The van der Waals surface area contributed by atoms with E-state index in [2.05, 4.69) is 46.7 Å². The van der Waals surface area contributed by atoms with Crippen molar-refractivity contribution in [2.75, 3.05) is 13.1 Å². The van der Waals surface area contributed by atoms with Crippen LogP contribution in [0.1, 0.15) is 43.4 Å². The molecule has 2 aromatic heterocycles. The van der Waals surface area contributed by atoms with Gasteiger partial charge in [0.25, 0.3) is 0 Å². The van der Waals surface area contributed by atoms with Crippen LogP contribution in [0.4, 0.5) is 0 Å². The molecule has 5 rings (SSSR count). The largest absolute Gasteiger partial charge is 0.456 e. The van der Waals surface area contributed by atoms with Crippen LogP contribution in [0, 0.1) is 0 Å². The summed E-state index contributed by atoms with van der Waals surface area (Å²) in [5, 5.41) is 8.84. The van der Waals surface area contributed by atoms with Crippen molar-refractivity contribution >= 4 is 28.0 Å². The number of aryl methyl sites for hydroxylation is 1. The molecule has 29 heavy (non-hydrogen) atoms. The van der Waals surface area contributed by atoms with E-state index in [4.69, 9.17) is 4.42 Å². The molecule has 0 atom stereocenters. The van der Waals surface area contributed by atoms with Gasteiger partial charge in [-0.3, -0.25) is 9.48 Å². The van der Waals surface area contributed by atoms with E-state index in [0.717, 1.165) is 42.5 Å². The van der Waals surface area contributed by atoms with Crippen molar-refractivity contribution in [3.8, 4) is 0 Å². The Kier molecular flexibility index (Phi) is 4.76. The predicted octanol–water partition coefficient (Wildman–Crippen LogP) is 4.30. The van der Waals surface area contributed by atoms with Gasteiger partial charge in [0.1, 0.15) is 11.3 Å². The van der Waals surface area contributed by atoms with E-state index in [1.165, 1.54) is 23.1 Å². The van der Waals surface area contributed by atoms with Crippen LogP contribution < -0.4 is 0 Å². The second-order valence-corrected chi connectivity index (χ2v) is 7.73. The van der Waals surface area contributed by atoms with Gasteiger partial charge in [-0.2, -0.15) is 0 Å². The van der Waals surface area contributed by atoms with Crippen molar-refractivity contribution in [3.05, 3.63) is 60.1 Å². The molecule has 2 aliphatic rings. The standard InChI is InChI=1S/C23H24N4O2/c28-23(9-12-27-13-10-24-25-27)26-11-3-6-19(16-26)18-7-8-21-20(14-18)15-22(29-21)17-4-1-2-5-17/h4,6-8,10,13-15H,1-3,5,9,11-12,16H2. The lowest BCUT2D eigenvalue weighted by molar-refractivity contribution is -0.131. The molecule has 6 nitrogen and oxygen atoms in total. The average molecular weight is 388 g/mol. The smallest absolute Gasteiger partial charge is 0.224 e. The van der Waals surface area contributed by atoms with Gasteiger partial charge in [0.15, 0.2) is 0 Å². The van der Waals surface area contributed by atoms with Gasteiger partial charge < -0.3 is 9.32 Å². The summed E-state index contributed by atoms with van der Waals surface area (Å²) in [5.41, 5.74) is 4.62. The molecule has 0 saturated heterocycles. The van der Waals surface area contributed by atoms with Gasteiger partial charge in [0, 0.05) is 31.1 Å². The second kappa shape index (κ2) is 7.70. The number of rotatable bonds is 5. The van der Waals surface area contributed by atoms with Gasteiger partial charge in [-0.1, -0.05) is 23.4 Å². The highest BCUT2D eigenvalue weighted by molar-refractivity contribution is 5.87. The number of allylic oxidation sites excluding steroid dienone is 2. The maximum absolute atomic E-state index is 12.6. The number of hydrogen-bond donors (Lipinski definition) is 0. The molecule has 0 N–H and O–H groups in total. The molecular weight excluding hydrogens is 364 g/mol. The molecule has 148 valence electrons. The van der Waals surface area contributed by atoms with Crippen LogP contribution >= 0.6 is 0 Å². The number of hydrogen-bond acceptors (Lipinski definition) is 4. The summed E-state index contributed by atoms with van der Waals surface area (Å²) in [5.74, 6) is 1.16. The number of nitrogens with zero attached hydrogens (tertiary/aromatic N) is 4. The van der Waals surface area contributed by atoms with Gasteiger partial charge in [0.05, 0.1) is 12.7 Å². The van der Waals surface area contributed by atoms with Gasteiger partial charge in [0.2, 0.25) is 5.91 Å². The van der Waals surface area contributed by atoms with Crippen LogP contribution in [0.2, 0.25) is 0 Å². The van der Waals surface area contributed by atoms with E-state index < -0.39 is 0 Å². The number of amides is 1. The lowest BCUT2D eigenvalue weighted by Crippen LogP contribution is -2.35. The molecule has 0 unspecified atom stereocenters. The summed E-state index contributed by atoms with van der Waals surface area (Å²) in [4.78, 5) is 14.6. The number of furan rings is 1. The maximum atomic E-state index is 12.6. The van der Waals surface area contributed by atoms with E-state index in [0.29, 0.717) is 19.5 Å². The Balaban J connectivity index is 1.30.